The second kappa shape index (κ2) is 12.1. The van der Waals surface area contributed by atoms with E-state index < -0.39 is 24.3 Å². The molecule has 0 heterocycles. The molecule has 30 heavy (non-hydrogen) atoms. The highest BCUT2D eigenvalue weighted by Crippen LogP contribution is 2.33. The monoisotopic (exact) mass is 424 g/mol. The zero-order chi connectivity index (χ0) is 22.0. The van der Waals surface area contributed by atoms with Crippen LogP contribution in [-0.2, 0) is 10.9 Å². The number of benzene rings is 2. The largest absolute Gasteiger partial charge is 0.416 e. The third-order valence-corrected chi connectivity index (χ3v) is 5.16. The van der Waals surface area contributed by atoms with E-state index in [4.69, 9.17) is 4.74 Å². The zero-order valence-electron chi connectivity index (χ0n) is 17.4. The number of halogens is 3. The molecule has 0 aromatic heterocycles. The van der Waals surface area contributed by atoms with E-state index in [-0.39, 0.29) is 0 Å². The van der Waals surface area contributed by atoms with Crippen LogP contribution in [0.3, 0.4) is 0 Å². The van der Waals surface area contributed by atoms with Crippen molar-refractivity contribution in [3.63, 3.8) is 0 Å². The average molecular weight is 425 g/mol. The molecule has 0 aliphatic carbocycles. The first-order chi connectivity index (χ1) is 14.3. The molecule has 0 saturated carbocycles. The Labute approximate surface area is 176 Å². The van der Waals surface area contributed by atoms with Crippen LogP contribution in [0.5, 0.6) is 0 Å². The average Bonchev–Trinajstić information content (AvgIpc) is 2.71. The van der Waals surface area contributed by atoms with E-state index >= 15 is 0 Å². The van der Waals surface area contributed by atoms with Crippen molar-refractivity contribution in [2.75, 3.05) is 0 Å². The second-order valence-electron chi connectivity index (χ2n) is 7.56. The molecule has 1 atom stereocenters. The maximum absolute atomic E-state index is 12.9. The van der Waals surface area contributed by atoms with Crippen LogP contribution < -0.4 is 0 Å². The van der Waals surface area contributed by atoms with Gasteiger partial charge >= 0.3 is 6.18 Å². The topological polar surface area (TPSA) is 49.7 Å². The van der Waals surface area contributed by atoms with Crippen molar-refractivity contribution in [2.45, 2.75) is 77.0 Å². The van der Waals surface area contributed by atoms with Gasteiger partial charge in [-0.2, -0.15) is 13.2 Å². The summed E-state index contributed by atoms with van der Waals surface area (Å²) in [7, 11) is 0. The third-order valence-electron chi connectivity index (χ3n) is 5.16. The van der Waals surface area contributed by atoms with E-state index in [0.29, 0.717) is 17.5 Å². The summed E-state index contributed by atoms with van der Waals surface area (Å²) in [5, 5.41) is 18.5. The van der Waals surface area contributed by atoms with Crippen molar-refractivity contribution < 1.29 is 28.1 Å². The van der Waals surface area contributed by atoms with Gasteiger partial charge < -0.3 is 14.9 Å². The lowest BCUT2D eigenvalue weighted by Crippen LogP contribution is -2.15. The molecule has 0 aliphatic rings. The van der Waals surface area contributed by atoms with Gasteiger partial charge in [0.25, 0.3) is 6.48 Å². The lowest BCUT2D eigenvalue weighted by Gasteiger charge is -2.20. The molecule has 0 radical (unpaired) electrons. The molecule has 2 aromatic carbocycles. The molecule has 0 aliphatic heterocycles. The molecule has 0 amide bonds. The van der Waals surface area contributed by atoms with Gasteiger partial charge in [0.1, 0.15) is 0 Å². The second-order valence-corrected chi connectivity index (χ2v) is 7.56. The smallest absolute Gasteiger partial charge is 0.346 e. The highest BCUT2D eigenvalue weighted by molar-refractivity contribution is 5.64. The molecule has 0 saturated heterocycles. The summed E-state index contributed by atoms with van der Waals surface area (Å²) in [5.41, 5.74) is 1.21. The van der Waals surface area contributed by atoms with Crippen molar-refractivity contribution >= 4 is 0 Å². The Morgan fingerprint density at radius 2 is 1.47 bits per heavy atom. The molecule has 0 fully saturated rings. The van der Waals surface area contributed by atoms with E-state index in [2.05, 4.69) is 6.92 Å². The van der Waals surface area contributed by atoms with Gasteiger partial charge in [-0.15, -0.1) is 0 Å². The zero-order valence-corrected chi connectivity index (χ0v) is 17.4. The summed E-state index contributed by atoms with van der Waals surface area (Å²) in [5.74, 6) is 0. The Bertz CT molecular complexity index is 742. The highest BCUT2D eigenvalue weighted by Gasteiger charge is 2.30. The van der Waals surface area contributed by atoms with Gasteiger partial charge in [-0.05, 0) is 35.2 Å². The number of alkyl halides is 3. The van der Waals surface area contributed by atoms with Crippen LogP contribution in [-0.4, -0.2) is 16.7 Å². The van der Waals surface area contributed by atoms with Gasteiger partial charge in [-0.25, -0.2) is 0 Å². The molecule has 2 rings (SSSR count). The lowest BCUT2D eigenvalue weighted by atomic mass is 9.97. The fourth-order valence-corrected chi connectivity index (χ4v) is 3.51. The first-order valence-electron chi connectivity index (χ1n) is 10.6. The third kappa shape index (κ3) is 8.09. The molecule has 166 valence electrons. The number of ether oxygens (including phenoxy) is 1. The fourth-order valence-electron chi connectivity index (χ4n) is 3.51. The first-order valence-corrected chi connectivity index (χ1v) is 10.6. The molecule has 2 N–H and O–H groups in total. The molecule has 3 nitrogen and oxygen atoms in total. The number of hydrogen-bond acceptors (Lipinski definition) is 3. The summed E-state index contributed by atoms with van der Waals surface area (Å²) in [6, 6.07) is 12.2. The summed E-state index contributed by atoms with van der Waals surface area (Å²) < 4.78 is 44.1. The number of hydrogen-bond donors (Lipinski definition) is 2. The first kappa shape index (κ1) is 24.4. The summed E-state index contributed by atoms with van der Waals surface area (Å²) in [4.78, 5) is 0. The molecular weight excluding hydrogens is 393 g/mol. The number of aliphatic hydroxyl groups excluding tert-OH is 1. The van der Waals surface area contributed by atoms with Gasteiger partial charge in [0, 0.05) is 0 Å². The maximum Gasteiger partial charge on any atom is 0.416 e. The van der Waals surface area contributed by atoms with Crippen LogP contribution in [0, 0.1) is 0 Å². The molecule has 0 bridgehead atoms. The number of unbranched alkanes of at least 4 members (excludes halogenated alkanes) is 6. The van der Waals surface area contributed by atoms with Gasteiger partial charge in [0.15, 0.2) is 0 Å². The standard InChI is InChI=1S/C24H31F3O3/c1-2-3-4-5-6-7-8-12-22(30-23(28)29)19-15-13-18(14-16-19)20-10-9-11-21(17-20)24(25,26)27/h9-11,13-17,22-23,28-29H,2-8,12H2,1H3. The Balaban J connectivity index is 2.01. The van der Waals surface area contributed by atoms with Crippen molar-refractivity contribution in [3.8, 4) is 11.1 Å². The fraction of sp³-hybridized carbons (Fsp3) is 0.500. The van der Waals surface area contributed by atoms with Gasteiger partial charge in [-0.3, -0.25) is 0 Å². The number of rotatable bonds is 12. The Kier molecular flexibility index (Phi) is 9.82. The van der Waals surface area contributed by atoms with E-state index in [1.54, 1.807) is 30.3 Å². The van der Waals surface area contributed by atoms with E-state index in [0.717, 1.165) is 37.0 Å². The predicted molar refractivity (Wildman–Crippen MR) is 112 cm³/mol. The van der Waals surface area contributed by atoms with Crippen LogP contribution in [0.1, 0.15) is 75.5 Å². The number of aliphatic hydroxyl groups is 2. The highest BCUT2D eigenvalue weighted by atomic mass is 19.4. The minimum atomic E-state index is -4.39. The van der Waals surface area contributed by atoms with Crippen molar-refractivity contribution in [1.29, 1.82) is 0 Å². The van der Waals surface area contributed by atoms with Gasteiger partial charge in [0.2, 0.25) is 0 Å². The maximum atomic E-state index is 12.9. The molecule has 6 heteroatoms. The molecule has 0 spiro atoms. The SMILES string of the molecule is CCCCCCCCCC(OC(O)O)c1ccc(-c2cccc(C(F)(F)F)c2)cc1. The Hall–Kier alpha value is -1.89. The van der Waals surface area contributed by atoms with E-state index in [1.807, 2.05) is 0 Å². The minimum absolute atomic E-state index is 0.475. The Morgan fingerprint density at radius 1 is 0.833 bits per heavy atom. The van der Waals surface area contributed by atoms with Crippen molar-refractivity contribution in [2.24, 2.45) is 0 Å². The summed E-state index contributed by atoms with van der Waals surface area (Å²) >= 11 is 0. The van der Waals surface area contributed by atoms with Gasteiger partial charge in [0.05, 0.1) is 11.7 Å². The van der Waals surface area contributed by atoms with Crippen molar-refractivity contribution in [3.05, 3.63) is 59.7 Å². The summed E-state index contributed by atoms with van der Waals surface area (Å²) in [6.45, 7) is 0.308. The lowest BCUT2D eigenvalue weighted by molar-refractivity contribution is -0.259. The van der Waals surface area contributed by atoms with Crippen LogP contribution in [0.25, 0.3) is 11.1 Å². The normalized spacial score (nSPS) is 13.0. The van der Waals surface area contributed by atoms with Crippen LogP contribution in [0.15, 0.2) is 48.5 Å². The molecular formula is C24H31F3O3. The summed E-state index contributed by atoms with van der Waals surface area (Å²) in [6.07, 6.45) is 3.78. The quantitative estimate of drug-likeness (QED) is 0.290. The van der Waals surface area contributed by atoms with E-state index in [9.17, 15) is 23.4 Å². The van der Waals surface area contributed by atoms with E-state index in [1.165, 1.54) is 31.7 Å². The van der Waals surface area contributed by atoms with Gasteiger partial charge in [-0.1, -0.05) is 88.3 Å². The van der Waals surface area contributed by atoms with Crippen LogP contribution in [0.4, 0.5) is 13.2 Å². The van der Waals surface area contributed by atoms with Crippen LogP contribution >= 0.6 is 0 Å². The predicted octanol–water partition coefficient (Wildman–Crippen LogP) is 6.84. The van der Waals surface area contributed by atoms with Crippen LogP contribution in [0.2, 0.25) is 0 Å². The molecule has 1 unspecified atom stereocenters. The molecule has 2 aromatic rings. The Morgan fingerprint density at radius 3 is 2.07 bits per heavy atom. The van der Waals surface area contributed by atoms with Crippen molar-refractivity contribution in [1.82, 2.24) is 0 Å². The minimum Gasteiger partial charge on any atom is -0.346 e.